The van der Waals surface area contributed by atoms with E-state index in [1.165, 1.54) is 6.08 Å². The third-order valence-electron chi connectivity index (χ3n) is 2.82. The summed E-state index contributed by atoms with van der Waals surface area (Å²) < 4.78 is 6.78. The zero-order valence-electron chi connectivity index (χ0n) is 11.4. The van der Waals surface area contributed by atoms with Gasteiger partial charge in [0.25, 0.3) is 0 Å². The summed E-state index contributed by atoms with van der Waals surface area (Å²) in [5, 5.41) is 9.36. The third kappa shape index (κ3) is 3.06. The summed E-state index contributed by atoms with van der Waals surface area (Å²) in [4.78, 5) is 15.8. The topological polar surface area (TPSA) is 64.3 Å². The first kappa shape index (κ1) is 13.9. The Morgan fingerprint density at radius 2 is 2.10 bits per heavy atom. The number of nitrogens with zero attached hydrogens (tertiary/aromatic N) is 2. The van der Waals surface area contributed by atoms with Crippen LogP contribution in [0.3, 0.4) is 0 Å². The lowest BCUT2D eigenvalue weighted by Gasteiger charge is -2.09. The van der Waals surface area contributed by atoms with Gasteiger partial charge in [-0.25, -0.2) is 9.78 Å². The van der Waals surface area contributed by atoms with Crippen molar-refractivity contribution in [2.45, 2.75) is 6.92 Å². The molecule has 0 saturated heterocycles. The number of imidazole rings is 1. The van der Waals surface area contributed by atoms with Crippen molar-refractivity contribution in [3.8, 4) is 5.75 Å². The Morgan fingerprint density at radius 3 is 2.65 bits per heavy atom. The van der Waals surface area contributed by atoms with Crippen LogP contribution in [0.4, 0.5) is 0 Å². The molecule has 2 rings (SSSR count). The van der Waals surface area contributed by atoms with E-state index in [0.717, 1.165) is 11.3 Å². The molecule has 0 radical (unpaired) electrons. The molecule has 1 aromatic heterocycles. The Morgan fingerprint density at radius 1 is 1.40 bits per heavy atom. The van der Waals surface area contributed by atoms with Gasteiger partial charge in [0.05, 0.1) is 24.8 Å². The first-order chi connectivity index (χ1) is 9.61. The molecule has 0 amide bonds. The van der Waals surface area contributed by atoms with E-state index in [2.05, 4.69) is 4.98 Å². The average Bonchev–Trinajstić information content (AvgIpc) is 2.84. The molecule has 5 nitrogen and oxygen atoms in total. The fraction of sp³-hybridized carbons (Fsp3) is 0.200. The molecule has 0 fully saturated rings. The lowest BCUT2D eigenvalue weighted by molar-refractivity contribution is -0.137. The van der Waals surface area contributed by atoms with Crippen LogP contribution in [0.5, 0.6) is 5.75 Å². The third-order valence-corrected chi connectivity index (χ3v) is 2.82. The molecule has 104 valence electrons. The molecule has 1 N–H and O–H groups in total. The molecule has 0 bridgehead atoms. The molecule has 1 heterocycles. The van der Waals surface area contributed by atoms with Gasteiger partial charge in [-0.2, -0.15) is 0 Å². The Kier molecular flexibility index (Phi) is 4.20. The van der Waals surface area contributed by atoms with Gasteiger partial charge in [0.1, 0.15) is 5.75 Å². The highest BCUT2D eigenvalue weighted by Gasteiger charge is 2.11. The molecule has 0 aliphatic heterocycles. The molecule has 0 unspecified atom stereocenters. The number of phenolic OH excluding ortho intramolecular Hbond substituents is 1. The van der Waals surface area contributed by atoms with Crippen LogP contribution < -0.4 is 0 Å². The van der Waals surface area contributed by atoms with Crippen LogP contribution in [-0.2, 0) is 16.6 Å². The predicted molar refractivity (Wildman–Crippen MR) is 75.0 cm³/mol. The van der Waals surface area contributed by atoms with Gasteiger partial charge in [0, 0.05) is 18.7 Å². The van der Waals surface area contributed by atoms with E-state index >= 15 is 0 Å². The highest BCUT2D eigenvalue weighted by atomic mass is 16.5. The molecule has 0 saturated carbocycles. The zero-order valence-corrected chi connectivity index (χ0v) is 11.4. The SMILES string of the molecule is CCOC(=O)C=C(c1ccc(O)cc1)c1cncn1C. The van der Waals surface area contributed by atoms with Gasteiger partial charge >= 0.3 is 5.97 Å². The number of carbonyl (C=O) groups excluding carboxylic acids is 1. The maximum absolute atomic E-state index is 11.7. The van der Waals surface area contributed by atoms with Crippen LogP contribution in [0, 0.1) is 0 Å². The van der Waals surface area contributed by atoms with E-state index < -0.39 is 5.97 Å². The van der Waals surface area contributed by atoms with Crippen molar-refractivity contribution in [2.75, 3.05) is 6.61 Å². The number of aryl methyl sites for hydroxylation is 1. The number of carbonyl (C=O) groups is 1. The predicted octanol–water partition coefficient (Wildman–Crippen LogP) is 2.12. The monoisotopic (exact) mass is 272 g/mol. The number of benzene rings is 1. The number of phenols is 1. The van der Waals surface area contributed by atoms with Crippen LogP contribution in [0.2, 0.25) is 0 Å². The van der Waals surface area contributed by atoms with E-state index in [9.17, 15) is 9.90 Å². The smallest absolute Gasteiger partial charge is 0.331 e. The molecular weight excluding hydrogens is 256 g/mol. The number of esters is 1. The maximum atomic E-state index is 11.7. The van der Waals surface area contributed by atoms with Gasteiger partial charge in [0.2, 0.25) is 0 Å². The van der Waals surface area contributed by atoms with Crippen molar-refractivity contribution in [1.82, 2.24) is 9.55 Å². The van der Waals surface area contributed by atoms with Gasteiger partial charge in [0.15, 0.2) is 0 Å². The number of hydrogen-bond acceptors (Lipinski definition) is 4. The molecule has 0 atom stereocenters. The van der Waals surface area contributed by atoms with Crippen LogP contribution >= 0.6 is 0 Å². The maximum Gasteiger partial charge on any atom is 0.331 e. The average molecular weight is 272 g/mol. The van der Waals surface area contributed by atoms with Crippen LogP contribution in [0.1, 0.15) is 18.2 Å². The minimum absolute atomic E-state index is 0.175. The number of aromatic hydroxyl groups is 1. The number of hydrogen-bond donors (Lipinski definition) is 1. The summed E-state index contributed by atoms with van der Waals surface area (Å²) in [6.07, 6.45) is 4.78. The van der Waals surface area contributed by atoms with Crippen molar-refractivity contribution in [3.63, 3.8) is 0 Å². The second-order valence-electron chi connectivity index (χ2n) is 4.25. The summed E-state index contributed by atoms with van der Waals surface area (Å²) in [6.45, 7) is 2.08. The molecule has 0 aliphatic carbocycles. The first-order valence-electron chi connectivity index (χ1n) is 6.26. The van der Waals surface area contributed by atoms with Gasteiger partial charge in [-0.3, -0.25) is 0 Å². The van der Waals surface area contributed by atoms with Crippen molar-refractivity contribution in [3.05, 3.63) is 54.1 Å². The molecule has 5 heteroatoms. The standard InChI is InChI=1S/C15H16N2O3/c1-3-20-15(19)8-13(14-9-16-10-17(14)2)11-4-6-12(18)7-5-11/h4-10,18H,3H2,1-2H3. The second kappa shape index (κ2) is 6.06. The van der Waals surface area contributed by atoms with Gasteiger partial charge in [-0.05, 0) is 24.6 Å². The van der Waals surface area contributed by atoms with E-state index in [1.807, 2.05) is 11.6 Å². The van der Waals surface area contributed by atoms with Crippen LogP contribution in [-0.4, -0.2) is 27.2 Å². The lowest BCUT2D eigenvalue weighted by Crippen LogP contribution is -2.03. The van der Waals surface area contributed by atoms with Crippen molar-refractivity contribution in [2.24, 2.45) is 7.05 Å². The summed E-state index contributed by atoms with van der Waals surface area (Å²) >= 11 is 0. The molecule has 2 aromatic rings. The van der Waals surface area contributed by atoms with E-state index in [0.29, 0.717) is 12.2 Å². The Labute approximate surface area is 117 Å². The fourth-order valence-corrected chi connectivity index (χ4v) is 1.86. The molecular formula is C15H16N2O3. The summed E-state index contributed by atoms with van der Waals surface area (Å²) in [6, 6.07) is 6.64. The first-order valence-corrected chi connectivity index (χ1v) is 6.26. The largest absolute Gasteiger partial charge is 0.508 e. The Balaban J connectivity index is 2.47. The van der Waals surface area contributed by atoms with Crippen molar-refractivity contribution < 1.29 is 14.6 Å². The van der Waals surface area contributed by atoms with Gasteiger partial charge in [-0.15, -0.1) is 0 Å². The number of aromatic nitrogens is 2. The van der Waals surface area contributed by atoms with E-state index in [-0.39, 0.29) is 5.75 Å². The minimum atomic E-state index is -0.406. The highest BCUT2D eigenvalue weighted by Crippen LogP contribution is 2.24. The lowest BCUT2D eigenvalue weighted by atomic mass is 10.0. The second-order valence-corrected chi connectivity index (χ2v) is 4.25. The highest BCUT2D eigenvalue weighted by molar-refractivity contribution is 5.95. The molecule has 1 aromatic carbocycles. The molecule has 0 spiro atoms. The molecule has 20 heavy (non-hydrogen) atoms. The Hall–Kier alpha value is -2.56. The van der Waals surface area contributed by atoms with E-state index in [1.54, 1.807) is 43.7 Å². The number of rotatable bonds is 4. The van der Waals surface area contributed by atoms with Gasteiger partial charge in [-0.1, -0.05) is 12.1 Å². The normalized spacial score (nSPS) is 11.4. The summed E-state index contributed by atoms with van der Waals surface area (Å²) in [5.41, 5.74) is 2.30. The summed E-state index contributed by atoms with van der Waals surface area (Å²) in [5.74, 6) is -0.231. The van der Waals surface area contributed by atoms with Crippen LogP contribution in [0.15, 0.2) is 42.9 Å². The minimum Gasteiger partial charge on any atom is -0.508 e. The zero-order chi connectivity index (χ0) is 14.5. The Bertz CT molecular complexity index is 627. The van der Waals surface area contributed by atoms with Crippen LogP contribution in [0.25, 0.3) is 5.57 Å². The van der Waals surface area contributed by atoms with Crippen molar-refractivity contribution in [1.29, 1.82) is 0 Å². The fourth-order valence-electron chi connectivity index (χ4n) is 1.86. The quantitative estimate of drug-likeness (QED) is 0.684. The molecule has 0 aliphatic rings. The van der Waals surface area contributed by atoms with Gasteiger partial charge < -0.3 is 14.4 Å². The van der Waals surface area contributed by atoms with E-state index in [4.69, 9.17) is 4.74 Å². The number of ether oxygens (including phenoxy) is 1. The van der Waals surface area contributed by atoms with Crippen molar-refractivity contribution >= 4 is 11.5 Å². The summed E-state index contributed by atoms with van der Waals surface area (Å²) in [7, 11) is 1.85.